The van der Waals surface area contributed by atoms with E-state index in [4.69, 9.17) is 9.52 Å². The summed E-state index contributed by atoms with van der Waals surface area (Å²) in [5.41, 5.74) is 2.00. The van der Waals surface area contributed by atoms with Crippen LogP contribution < -0.4 is 0 Å². The van der Waals surface area contributed by atoms with Gasteiger partial charge in [-0.1, -0.05) is 30.3 Å². The molecule has 1 amide bonds. The fourth-order valence-electron chi connectivity index (χ4n) is 2.74. The van der Waals surface area contributed by atoms with Crippen LogP contribution in [-0.2, 0) is 0 Å². The summed E-state index contributed by atoms with van der Waals surface area (Å²) in [7, 11) is 0. The first-order valence-corrected chi connectivity index (χ1v) is 7.68. The van der Waals surface area contributed by atoms with Gasteiger partial charge < -0.3 is 14.4 Å². The molecular formula is C17H19N3O3. The first kappa shape index (κ1) is 15.3. The van der Waals surface area contributed by atoms with Gasteiger partial charge in [-0.15, -0.1) is 10.2 Å². The van der Waals surface area contributed by atoms with Crippen LogP contribution in [0.3, 0.4) is 0 Å². The number of rotatable bonds is 3. The van der Waals surface area contributed by atoms with Crippen LogP contribution in [0.1, 0.15) is 43.0 Å². The van der Waals surface area contributed by atoms with E-state index in [0.29, 0.717) is 24.9 Å². The van der Waals surface area contributed by atoms with Gasteiger partial charge in [-0.2, -0.15) is 0 Å². The Hall–Kier alpha value is -2.63. The molecule has 2 aromatic rings. The van der Waals surface area contributed by atoms with Gasteiger partial charge in [-0.3, -0.25) is 0 Å². The van der Waals surface area contributed by atoms with Gasteiger partial charge in [0.15, 0.2) is 0 Å². The van der Waals surface area contributed by atoms with Crippen LogP contribution in [0.5, 0.6) is 0 Å². The number of aromatic nitrogens is 2. The molecule has 0 radical (unpaired) electrons. The molecule has 0 unspecified atom stereocenters. The van der Waals surface area contributed by atoms with Crippen molar-refractivity contribution in [2.24, 2.45) is 0 Å². The zero-order valence-electron chi connectivity index (χ0n) is 13.0. The van der Waals surface area contributed by atoms with Gasteiger partial charge in [-0.05, 0) is 31.4 Å². The fourth-order valence-corrected chi connectivity index (χ4v) is 2.74. The van der Waals surface area contributed by atoms with Gasteiger partial charge in [0.2, 0.25) is 11.8 Å². The van der Waals surface area contributed by atoms with Crippen LogP contribution in [0.4, 0.5) is 4.79 Å². The normalized spacial score (nSPS) is 16.6. The number of nitrogens with zero attached hydrogens (tertiary/aromatic N) is 3. The Morgan fingerprint density at radius 1 is 1.26 bits per heavy atom. The summed E-state index contributed by atoms with van der Waals surface area (Å²) in [4.78, 5) is 12.4. The van der Waals surface area contributed by atoms with Gasteiger partial charge in [0, 0.05) is 24.6 Å². The molecule has 120 valence electrons. The SMILES string of the molecule is C/C(=C\c1ccccc1)c1nnc(C2CCN(C(=O)O)CC2)o1. The maximum atomic E-state index is 10.9. The lowest BCUT2D eigenvalue weighted by atomic mass is 9.97. The summed E-state index contributed by atoms with van der Waals surface area (Å²) in [6, 6.07) is 9.97. The molecule has 1 fully saturated rings. The third kappa shape index (κ3) is 3.59. The van der Waals surface area contributed by atoms with Crippen LogP contribution in [0.25, 0.3) is 11.6 Å². The molecule has 1 aliphatic rings. The minimum atomic E-state index is -0.865. The van der Waals surface area contributed by atoms with E-state index >= 15 is 0 Å². The summed E-state index contributed by atoms with van der Waals surface area (Å²) in [6.45, 7) is 2.96. The molecule has 6 heteroatoms. The maximum absolute atomic E-state index is 10.9. The van der Waals surface area contributed by atoms with Crippen LogP contribution in [0.15, 0.2) is 34.7 Å². The number of hydrogen-bond acceptors (Lipinski definition) is 4. The molecule has 1 saturated heterocycles. The monoisotopic (exact) mass is 313 g/mol. The Labute approximate surface area is 134 Å². The molecule has 3 rings (SSSR count). The van der Waals surface area contributed by atoms with E-state index in [1.807, 2.05) is 43.3 Å². The predicted molar refractivity (Wildman–Crippen MR) is 85.9 cm³/mol. The first-order valence-electron chi connectivity index (χ1n) is 7.68. The highest BCUT2D eigenvalue weighted by atomic mass is 16.4. The van der Waals surface area contributed by atoms with Crippen molar-refractivity contribution in [3.63, 3.8) is 0 Å². The third-order valence-electron chi connectivity index (χ3n) is 4.08. The van der Waals surface area contributed by atoms with E-state index in [-0.39, 0.29) is 5.92 Å². The topological polar surface area (TPSA) is 79.5 Å². The minimum Gasteiger partial charge on any atom is -0.465 e. The van der Waals surface area contributed by atoms with Crippen molar-refractivity contribution >= 4 is 17.7 Å². The summed E-state index contributed by atoms with van der Waals surface area (Å²) in [5.74, 6) is 1.26. The first-order chi connectivity index (χ1) is 11.1. The van der Waals surface area contributed by atoms with Crippen LogP contribution in [-0.4, -0.2) is 39.4 Å². The zero-order valence-corrected chi connectivity index (χ0v) is 13.0. The standard InChI is InChI=1S/C17H19N3O3/c1-12(11-13-5-3-2-4-6-13)15-18-19-16(23-15)14-7-9-20(10-8-14)17(21)22/h2-6,11,14H,7-10H2,1H3,(H,21,22)/b12-11+. The Bertz CT molecular complexity index is 701. The molecule has 1 N–H and O–H groups in total. The average molecular weight is 313 g/mol. The summed E-state index contributed by atoms with van der Waals surface area (Å²) in [6.07, 6.45) is 2.58. The predicted octanol–water partition coefficient (Wildman–Crippen LogP) is 3.49. The van der Waals surface area contributed by atoms with Crippen molar-refractivity contribution < 1.29 is 14.3 Å². The lowest BCUT2D eigenvalue weighted by molar-refractivity contribution is 0.129. The second-order valence-corrected chi connectivity index (χ2v) is 5.73. The lowest BCUT2D eigenvalue weighted by Crippen LogP contribution is -2.36. The molecule has 0 aliphatic carbocycles. The lowest BCUT2D eigenvalue weighted by Gasteiger charge is -2.27. The van der Waals surface area contributed by atoms with Gasteiger partial charge in [0.25, 0.3) is 0 Å². The van der Waals surface area contributed by atoms with Gasteiger partial charge in [0.05, 0.1) is 0 Å². The quantitative estimate of drug-likeness (QED) is 0.938. The molecule has 6 nitrogen and oxygen atoms in total. The molecule has 0 bridgehead atoms. The summed E-state index contributed by atoms with van der Waals surface area (Å²) >= 11 is 0. The number of carboxylic acid groups (broad SMARTS) is 1. The van der Waals surface area contributed by atoms with E-state index in [2.05, 4.69) is 10.2 Å². The Morgan fingerprint density at radius 3 is 2.61 bits per heavy atom. The van der Waals surface area contributed by atoms with Crippen molar-refractivity contribution in [3.8, 4) is 0 Å². The average Bonchev–Trinajstić information content (AvgIpc) is 3.06. The second-order valence-electron chi connectivity index (χ2n) is 5.73. The molecule has 0 saturated carbocycles. The van der Waals surface area contributed by atoms with Gasteiger partial charge in [-0.25, -0.2) is 4.79 Å². The number of benzene rings is 1. The molecule has 1 aromatic heterocycles. The molecule has 0 spiro atoms. The summed E-state index contributed by atoms with van der Waals surface area (Å²) in [5, 5.41) is 17.3. The van der Waals surface area contributed by atoms with Crippen LogP contribution in [0, 0.1) is 0 Å². The minimum absolute atomic E-state index is 0.136. The summed E-state index contributed by atoms with van der Waals surface area (Å²) < 4.78 is 5.80. The number of piperidine rings is 1. The Kier molecular flexibility index (Phi) is 4.41. The molecule has 1 aromatic carbocycles. The van der Waals surface area contributed by atoms with E-state index < -0.39 is 6.09 Å². The highest BCUT2D eigenvalue weighted by Crippen LogP contribution is 2.28. The van der Waals surface area contributed by atoms with Gasteiger partial charge >= 0.3 is 6.09 Å². The number of carbonyl (C=O) groups is 1. The smallest absolute Gasteiger partial charge is 0.407 e. The van der Waals surface area contributed by atoms with Crippen LogP contribution >= 0.6 is 0 Å². The van der Waals surface area contributed by atoms with Crippen molar-refractivity contribution in [2.75, 3.05) is 13.1 Å². The molecule has 2 heterocycles. The zero-order chi connectivity index (χ0) is 16.2. The molecular weight excluding hydrogens is 294 g/mol. The van der Waals surface area contributed by atoms with E-state index in [9.17, 15) is 4.79 Å². The maximum Gasteiger partial charge on any atom is 0.407 e. The van der Waals surface area contributed by atoms with Gasteiger partial charge in [0.1, 0.15) is 0 Å². The highest BCUT2D eigenvalue weighted by molar-refractivity contribution is 5.76. The molecule has 0 atom stereocenters. The number of hydrogen-bond donors (Lipinski definition) is 1. The molecule has 1 aliphatic heterocycles. The van der Waals surface area contributed by atoms with E-state index in [0.717, 1.165) is 24.0 Å². The fraction of sp³-hybridized carbons (Fsp3) is 0.353. The van der Waals surface area contributed by atoms with E-state index in [1.54, 1.807) is 0 Å². The Morgan fingerprint density at radius 2 is 1.96 bits per heavy atom. The highest BCUT2D eigenvalue weighted by Gasteiger charge is 2.27. The third-order valence-corrected chi connectivity index (χ3v) is 4.08. The Balaban J connectivity index is 1.69. The van der Waals surface area contributed by atoms with Crippen molar-refractivity contribution in [1.82, 2.24) is 15.1 Å². The number of amides is 1. The largest absolute Gasteiger partial charge is 0.465 e. The number of likely N-dealkylation sites (tertiary alicyclic amines) is 1. The second kappa shape index (κ2) is 6.64. The van der Waals surface area contributed by atoms with Crippen molar-refractivity contribution in [1.29, 1.82) is 0 Å². The molecule has 23 heavy (non-hydrogen) atoms. The van der Waals surface area contributed by atoms with E-state index in [1.165, 1.54) is 4.90 Å². The number of allylic oxidation sites excluding steroid dienone is 1. The van der Waals surface area contributed by atoms with Crippen molar-refractivity contribution in [2.45, 2.75) is 25.7 Å². The van der Waals surface area contributed by atoms with Crippen molar-refractivity contribution in [3.05, 3.63) is 47.7 Å². The van der Waals surface area contributed by atoms with Crippen LogP contribution in [0.2, 0.25) is 0 Å².